The quantitative estimate of drug-likeness (QED) is 0.867. The van der Waals surface area contributed by atoms with Gasteiger partial charge in [-0.3, -0.25) is 4.68 Å². The van der Waals surface area contributed by atoms with Crippen molar-refractivity contribution in [3.8, 4) is 17.2 Å². The molecule has 1 aliphatic heterocycles. The van der Waals surface area contributed by atoms with Gasteiger partial charge in [0.25, 0.3) is 0 Å². The first-order valence-corrected chi connectivity index (χ1v) is 7.37. The van der Waals surface area contributed by atoms with Crippen molar-refractivity contribution in [1.82, 2.24) is 9.78 Å². The fraction of sp³-hybridized carbons (Fsp3) is 0.412. The fourth-order valence-electron chi connectivity index (χ4n) is 3.28. The summed E-state index contributed by atoms with van der Waals surface area (Å²) in [6, 6.07) is 9.63. The molecule has 1 aromatic heterocycles. The van der Waals surface area contributed by atoms with Gasteiger partial charge in [-0.2, -0.15) is 10.4 Å². The maximum atomic E-state index is 9.05. The van der Waals surface area contributed by atoms with E-state index in [9.17, 15) is 0 Å². The maximum Gasteiger partial charge on any atom is 0.0643 e. The van der Waals surface area contributed by atoms with Crippen LogP contribution in [0.2, 0.25) is 0 Å². The molecule has 0 saturated heterocycles. The van der Waals surface area contributed by atoms with Gasteiger partial charge in [-0.05, 0) is 43.5 Å². The van der Waals surface area contributed by atoms with Crippen LogP contribution < -0.4 is 4.90 Å². The first-order valence-electron chi connectivity index (χ1n) is 7.37. The zero-order valence-electron chi connectivity index (χ0n) is 12.7. The second-order valence-corrected chi connectivity index (χ2v) is 5.97. The van der Waals surface area contributed by atoms with Crippen molar-refractivity contribution in [3.05, 3.63) is 36.2 Å². The van der Waals surface area contributed by atoms with E-state index in [0.717, 1.165) is 12.0 Å². The molecule has 0 N–H and O–H groups in total. The molecule has 0 spiro atoms. The number of nitriles is 1. The molecule has 1 aromatic carbocycles. The van der Waals surface area contributed by atoms with Crippen molar-refractivity contribution in [3.63, 3.8) is 0 Å². The summed E-state index contributed by atoms with van der Waals surface area (Å²) in [5, 5.41) is 13.3. The molecule has 0 amide bonds. The Kier molecular flexibility index (Phi) is 3.42. The van der Waals surface area contributed by atoms with Crippen LogP contribution >= 0.6 is 0 Å². The third-order valence-corrected chi connectivity index (χ3v) is 4.13. The van der Waals surface area contributed by atoms with Crippen molar-refractivity contribution >= 4 is 5.69 Å². The summed E-state index contributed by atoms with van der Waals surface area (Å²) in [5.41, 5.74) is 4.95. The molecule has 2 aromatic rings. The highest BCUT2D eigenvalue weighted by Crippen LogP contribution is 2.37. The van der Waals surface area contributed by atoms with Gasteiger partial charge in [0.2, 0.25) is 0 Å². The lowest BCUT2D eigenvalue weighted by atomic mass is 10.0. The van der Waals surface area contributed by atoms with Crippen LogP contribution in [0.1, 0.15) is 25.8 Å². The Morgan fingerprint density at radius 2 is 2.19 bits per heavy atom. The molecular formula is C17H20N4. The molecule has 0 radical (unpaired) electrons. The molecule has 21 heavy (non-hydrogen) atoms. The third-order valence-electron chi connectivity index (χ3n) is 4.13. The van der Waals surface area contributed by atoms with Crippen LogP contribution in [-0.2, 0) is 13.5 Å². The highest BCUT2D eigenvalue weighted by molar-refractivity contribution is 5.70. The van der Waals surface area contributed by atoms with E-state index in [1.54, 1.807) is 0 Å². The SMILES string of the molecule is CC(C)N1c2ccc(-c3cnn(C)c3)cc2CC1CC#N. The van der Waals surface area contributed by atoms with Gasteiger partial charge in [0.1, 0.15) is 0 Å². The molecule has 4 nitrogen and oxygen atoms in total. The predicted molar refractivity (Wildman–Crippen MR) is 84.0 cm³/mol. The van der Waals surface area contributed by atoms with Gasteiger partial charge in [-0.25, -0.2) is 0 Å². The van der Waals surface area contributed by atoms with Crippen molar-refractivity contribution in [1.29, 1.82) is 5.26 Å². The Bertz CT molecular complexity index is 693. The van der Waals surface area contributed by atoms with E-state index in [2.05, 4.69) is 48.1 Å². The normalized spacial score (nSPS) is 17.1. The molecule has 0 fully saturated rings. The van der Waals surface area contributed by atoms with Gasteiger partial charge < -0.3 is 4.90 Å². The van der Waals surface area contributed by atoms with E-state index in [0.29, 0.717) is 18.5 Å². The number of benzene rings is 1. The summed E-state index contributed by atoms with van der Waals surface area (Å²) in [6.07, 6.45) is 5.46. The van der Waals surface area contributed by atoms with Crippen molar-refractivity contribution in [2.24, 2.45) is 7.05 Å². The number of hydrogen-bond donors (Lipinski definition) is 0. The highest BCUT2D eigenvalue weighted by atomic mass is 15.2. The first kappa shape index (κ1) is 13.7. The molecule has 1 aliphatic rings. The second-order valence-electron chi connectivity index (χ2n) is 5.97. The minimum atomic E-state index is 0.300. The number of aromatic nitrogens is 2. The minimum Gasteiger partial charge on any atom is -0.365 e. The number of nitrogens with zero attached hydrogens (tertiary/aromatic N) is 4. The topological polar surface area (TPSA) is 44.9 Å². The van der Waals surface area contributed by atoms with Crippen LogP contribution in [0.3, 0.4) is 0 Å². The van der Waals surface area contributed by atoms with Gasteiger partial charge in [0.05, 0.1) is 18.7 Å². The molecular weight excluding hydrogens is 260 g/mol. The number of aryl methyl sites for hydroxylation is 1. The van der Waals surface area contributed by atoms with E-state index < -0.39 is 0 Å². The number of rotatable bonds is 3. The lowest BCUT2D eigenvalue weighted by molar-refractivity contribution is 0.578. The zero-order chi connectivity index (χ0) is 15.0. The Hall–Kier alpha value is -2.28. The summed E-state index contributed by atoms with van der Waals surface area (Å²) in [7, 11) is 1.93. The van der Waals surface area contributed by atoms with E-state index in [4.69, 9.17) is 5.26 Å². The molecule has 3 rings (SSSR count). The fourth-order valence-corrected chi connectivity index (χ4v) is 3.28. The largest absolute Gasteiger partial charge is 0.365 e. The number of fused-ring (bicyclic) bond motifs is 1. The summed E-state index contributed by atoms with van der Waals surface area (Å²) >= 11 is 0. The van der Waals surface area contributed by atoms with Crippen molar-refractivity contribution in [2.75, 3.05) is 4.90 Å². The molecule has 1 atom stereocenters. The molecule has 0 bridgehead atoms. The summed E-state index contributed by atoms with van der Waals surface area (Å²) < 4.78 is 1.82. The highest BCUT2D eigenvalue weighted by Gasteiger charge is 2.30. The van der Waals surface area contributed by atoms with Crippen molar-refractivity contribution in [2.45, 2.75) is 38.8 Å². The number of hydrogen-bond acceptors (Lipinski definition) is 3. The van der Waals surface area contributed by atoms with E-state index in [1.807, 2.05) is 24.1 Å². The molecule has 108 valence electrons. The van der Waals surface area contributed by atoms with Crippen LogP contribution in [0.4, 0.5) is 5.69 Å². The van der Waals surface area contributed by atoms with Gasteiger partial charge in [0.15, 0.2) is 0 Å². The van der Waals surface area contributed by atoms with E-state index >= 15 is 0 Å². The van der Waals surface area contributed by atoms with Gasteiger partial charge >= 0.3 is 0 Å². The maximum absolute atomic E-state index is 9.05. The lowest BCUT2D eigenvalue weighted by Crippen LogP contribution is -2.37. The van der Waals surface area contributed by atoms with E-state index in [-0.39, 0.29) is 0 Å². The van der Waals surface area contributed by atoms with Gasteiger partial charge in [0, 0.05) is 36.6 Å². The lowest BCUT2D eigenvalue weighted by Gasteiger charge is -2.30. The summed E-state index contributed by atoms with van der Waals surface area (Å²) in [4.78, 5) is 2.38. The second kappa shape index (κ2) is 5.25. The van der Waals surface area contributed by atoms with Crippen LogP contribution in [-0.4, -0.2) is 21.9 Å². The Morgan fingerprint density at radius 3 is 2.81 bits per heavy atom. The Morgan fingerprint density at radius 1 is 1.38 bits per heavy atom. The van der Waals surface area contributed by atoms with Gasteiger partial charge in [-0.1, -0.05) is 6.07 Å². The van der Waals surface area contributed by atoms with Crippen LogP contribution in [0.5, 0.6) is 0 Å². The molecule has 0 aliphatic carbocycles. The molecule has 1 unspecified atom stereocenters. The molecule has 0 saturated carbocycles. The third kappa shape index (κ3) is 2.40. The first-order chi connectivity index (χ1) is 10.1. The minimum absolute atomic E-state index is 0.300. The average Bonchev–Trinajstić information content (AvgIpc) is 3.01. The Balaban J connectivity index is 1.98. The monoisotopic (exact) mass is 280 g/mol. The molecule has 4 heteroatoms. The van der Waals surface area contributed by atoms with Crippen LogP contribution in [0, 0.1) is 11.3 Å². The summed E-state index contributed by atoms with van der Waals surface area (Å²) in [5.74, 6) is 0. The van der Waals surface area contributed by atoms with Crippen LogP contribution in [0.15, 0.2) is 30.6 Å². The van der Waals surface area contributed by atoms with Crippen molar-refractivity contribution < 1.29 is 0 Å². The smallest absolute Gasteiger partial charge is 0.0643 e. The number of anilines is 1. The standard InChI is InChI=1S/C17H20N4/c1-12(2)21-16(6-7-18)9-14-8-13(4-5-17(14)21)15-10-19-20(3)11-15/h4-5,8,10-12,16H,6,9H2,1-3H3. The average molecular weight is 280 g/mol. The summed E-state index contributed by atoms with van der Waals surface area (Å²) in [6.45, 7) is 4.38. The molecule has 2 heterocycles. The zero-order valence-corrected chi connectivity index (χ0v) is 12.7. The van der Waals surface area contributed by atoms with Gasteiger partial charge in [-0.15, -0.1) is 0 Å². The van der Waals surface area contributed by atoms with Crippen LogP contribution in [0.25, 0.3) is 11.1 Å². The Labute approximate surface area is 125 Å². The van der Waals surface area contributed by atoms with E-state index in [1.165, 1.54) is 16.8 Å². The predicted octanol–water partition coefficient (Wildman–Crippen LogP) is 3.14.